The van der Waals surface area contributed by atoms with Crippen molar-refractivity contribution in [1.82, 2.24) is 0 Å². The fourth-order valence-electron chi connectivity index (χ4n) is 3.65. The molecule has 0 N–H and O–H groups in total. The van der Waals surface area contributed by atoms with Gasteiger partial charge in [0.25, 0.3) is 0 Å². The van der Waals surface area contributed by atoms with Crippen molar-refractivity contribution in [3.05, 3.63) is 122 Å². The van der Waals surface area contributed by atoms with Crippen molar-refractivity contribution in [2.45, 2.75) is 0 Å². The van der Waals surface area contributed by atoms with Gasteiger partial charge >= 0.3 is 11.9 Å². The summed E-state index contributed by atoms with van der Waals surface area (Å²) in [5, 5.41) is 0. The van der Waals surface area contributed by atoms with Gasteiger partial charge in [-0.1, -0.05) is 61.7 Å². The Morgan fingerprint density at radius 2 is 0.833 bits per heavy atom. The number of nitrogens with zero attached hydrogens (tertiary/aromatic N) is 1. The minimum atomic E-state index is -0.479. The molecule has 0 bridgehead atoms. The number of rotatable bonds is 8. The molecule has 5 nitrogen and oxygen atoms in total. The van der Waals surface area contributed by atoms with Crippen LogP contribution in [0.15, 0.2) is 122 Å². The Hall–Kier alpha value is -4.90. The van der Waals surface area contributed by atoms with E-state index in [4.69, 9.17) is 9.47 Å². The third-order valence-electron chi connectivity index (χ3n) is 5.65. The van der Waals surface area contributed by atoms with Crippen molar-refractivity contribution in [2.75, 3.05) is 11.9 Å². The highest BCUT2D eigenvalue weighted by atomic mass is 16.5. The van der Waals surface area contributed by atoms with Crippen LogP contribution < -0.4 is 14.4 Å². The number of carbonyl (C=O) groups excluding carboxylic acids is 2. The van der Waals surface area contributed by atoms with Crippen molar-refractivity contribution in [3.8, 4) is 33.8 Å². The zero-order valence-electron chi connectivity index (χ0n) is 19.9. The lowest BCUT2D eigenvalue weighted by atomic mass is 10.0. The third-order valence-corrected chi connectivity index (χ3v) is 5.65. The van der Waals surface area contributed by atoms with Crippen molar-refractivity contribution < 1.29 is 19.1 Å². The van der Waals surface area contributed by atoms with Crippen LogP contribution in [-0.4, -0.2) is 19.0 Å². The van der Waals surface area contributed by atoms with E-state index in [2.05, 4.69) is 66.6 Å². The first kappa shape index (κ1) is 24.2. The second-order valence-electron chi connectivity index (χ2n) is 7.95. The average Bonchev–Trinajstić information content (AvgIpc) is 2.93. The topological polar surface area (TPSA) is 55.8 Å². The Morgan fingerprint density at radius 1 is 0.556 bits per heavy atom. The molecule has 0 aliphatic rings. The molecule has 4 aromatic carbocycles. The highest BCUT2D eigenvalue weighted by Crippen LogP contribution is 2.30. The Bertz CT molecular complexity index is 1260. The van der Waals surface area contributed by atoms with Crippen LogP contribution >= 0.6 is 0 Å². The zero-order chi connectivity index (χ0) is 25.5. The lowest BCUT2D eigenvalue weighted by Gasteiger charge is -2.20. The molecule has 0 radical (unpaired) electrons. The number of carbonyl (C=O) groups is 2. The lowest BCUT2D eigenvalue weighted by molar-refractivity contribution is -0.129. The number of benzene rings is 4. The smallest absolute Gasteiger partial charge is 0.335 e. The van der Waals surface area contributed by atoms with Crippen molar-refractivity contribution in [3.63, 3.8) is 0 Å². The fraction of sp³-hybridized carbons (Fsp3) is 0.0323. The first-order valence-corrected chi connectivity index (χ1v) is 11.3. The molecule has 0 atom stereocenters. The van der Waals surface area contributed by atoms with Gasteiger partial charge in [-0.3, -0.25) is 0 Å². The Kier molecular flexibility index (Phi) is 7.42. The molecule has 178 valence electrons. The minimum absolute atomic E-state index is 0.479. The van der Waals surface area contributed by atoms with E-state index in [0.717, 1.165) is 45.8 Å². The summed E-state index contributed by atoms with van der Waals surface area (Å²) in [6, 6.07) is 31.2. The number of hydrogen-bond donors (Lipinski definition) is 0. The van der Waals surface area contributed by atoms with E-state index in [9.17, 15) is 9.59 Å². The van der Waals surface area contributed by atoms with Gasteiger partial charge in [0, 0.05) is 30.6 Å². The predicted molar refractivity (Wildman–Crippen MR) is 143 cm³/mol. The standard InChI is InChI=1S/C31H25NO4/c1-4-30(33)35-28-18-10-24(11-19-28)22-6-14-26(15-7-22)32(3)27-16-8-23(9-17-27)25-12-20-29(21-13-25)36-31(34)5-2/h4-21H,1-2H2,3H3. The molecule has 36 heavy (non-hydrogen) atoms. The van der Waals surface area contributed by atoms with Gasteiger partial charge < -0.3 is 14.4 Å². The van der Waals surface area contributed by atoms with Gasteiger partial charge in [0.1, 0.15) is 11.5 Å². The molecular formula is C31H25NO4. The Morgan fingerprint density at radius 3 is 1.11 bits per heavy atom. The lowest BCUT2D eigenvalue weighted by Crippen LogP contribution is -2.08. The summed E-state index contributed by atoms with van der Waals surface area (Å²) < 4.78 is 10.3. The quantitative estimate of drug-likeness (QED) is 0.156. The van der Waals surface area contributed by atoms with Crippen molar-refractivity contribution in [1.29, 1.82) is 0 Å². The fourth-order valence-corrected chi connectivity index (χ4v) is 3.65. The summed E-state index contributed by atoms with van der Waals surface area (Å²) in [4.78, 5) is 24.8. The Labute approximate surface area is 210 Å². The molecule has 0 aromatic heterocycles. The average molecular weight is 476 g/mol. The maximum absolute atomic E-state index is 11.3. The predicted octanol–water partition coefficient (Wildman–Crippen LogP) is 6.97. The van der Waals surface area contributed by atoms with E-state index in [-0.39, 0.29) is 0 Å². The molecular weight excluding hydrogens is 450 g/mol. The summed E-state index contributed by atoms with van der Waals surface area (Å²) in [5.41, 5.74) is 6.28. The molecule has 0 heterocycles. The maximum Gasteiger partial charge on any atom is 0.335 e. The van der Waals surface area contributed by atoms with E-state index in [1.54, 1.807) is 24.3 Å². The zero-order valence-corrected chi connectivity index (χ0v) is 19.9. The summed E-state index contributed by atoms with van der Waals surface area (Å²) >= 11 is 0. The van der Waals surface area contributed by atoms with Crippen molar-refractivity contribution in [2.24, 2.45) is 0 Å². The summed E-state index contributed by atoms with van der Waals surface area (Å²) in [6.07, 6.45) is 2.28. The molecule has 0 spiro atoms. The largest absolute Gasteiger partial charge is 0.423 e. The molecule has 0 unspecified atom stereocenters. The van der Waals surface area contributed by atoms with Gasteiger partial charge in [0.05, 0.1) is 0 Å². The van der Waals surface area contributed by atoms with Crippen LogP contribution in [0.5, 0.6) is 11.5 Å². The van der Waals surface area contributed by atoms with Crippen LogP contribution in [0.3, 0.4) is 0 Å². The molecule has 4 rings (SSSR count). The van der Waals surface area contributed by atoms with Crippen LogP contribution in [0.2, 0.25) is 0 Å². The second kappa shape index (κ2) is 11.0. The Balaban J connectivity index is 1.43. The number of ether oxygens (including phenoxy) is 2. The first-order valence-electron chi connectivity index (χ1n) is 11.3. The van der Waals surface area contributed by atoms with Gasteiger partial charge in [-0.05, 0) is 70.8 Å². The second-order valence-corrected chi connectivity index (χ2v) is 7.95. The van der Waals surface area contributed by atoms with Crippen LogP contribution in [0, 0.1) is 0 Å². The van der Waals surface area contributed by atoms with Crippen molar-refractivity contribution >= 4 is 23.3 Å². The van der Waals surface area contributed by atoms with E-state index in [1.165, 1.54) is 0 Å². The number of anilines is 2. The van der Waals surface area contributed by atoms with Gasteiger partial charge in [-0.15, -0.1) is 0 Å². The van der Waals surface area contributed by atoms with E-state index < -0.39 is 11.9 Å². The number of hydrogen-bond acceptors (Lipinski definition) is 5. The molecule has 0 saturated carbocycles. The highest BCUT2D eigenvalue weighted by Gasteiger charge is 2.07. The molecule has 0 fully saturated rings. The molecule has 0 aliphatic carbocycles. The summed E-state index contributed by atoms with van der Waals surface area (Å²) in [6.45, 7) is 6.81. The van der Waals surface area contributed by atoms with E-state index >= 15 is 0 Å². The molecule has 0 amide bonds. The van der Waals surface area contributed by atoms with Gasteiger partial charge in [-0.2, -0.15) is 0 Å². The highest BCUT2D eigenvalue weighted by molar-refractivity contribution is 5.84. The van der Waals surface area contributed by atoms with Gasteiger partial charge in [0.15, 0.2) is 0 Å². The van der Waals surface area contributed by atoms with Crippen LogP contribution in [0.25, 0.3) is 22.3 Å². The van der Waals surface area contributed by atoms with E-state index in [1.807, 2.05) is 31.3 Å². The molecule has 0 aliphatic heterocycles. The summed E-state index contributed by atoms with van der Waals surface area (Å²) in [7, 11) is 2.02. The first-order chi connectivity index (χ1) is 17.5. The monoisotopic (exact) mass is 475 g/mol. The van der Waals surface area contributed by atoms with Gasteiger partial charge in [-0.25, -0.2) is 9.59 Å². The van der Waals surface area contributed by atoms with Crippen LogP contribution in [-0.2, 0) is 9.59 Å². The third kappa shape index (κ3) is 5.77. The normalized spacial score (nSPS) is 10.2. The minimum Gasteiger partial charge on any atom is -0.423 e. The molecule has 0 saturated heterocycles. The SMILES string of the molecule is C=CC(=O)Oc1ccc(-c2ccc(N(C)c3ccc(-c4ccc(OC(=O)C=C)cc4)cc3)cc2)cc1. The van der Waals surface area contributed by atoms with Crippen LogP contribution in [0.1, 0.15) is 0 Å². The van der Waals surface area contributed by atoms with Gasteiger partial charge in [0.2, 0.25) is 0 Å². The maximum atomic E-state index is 11.3. The number of esters is 2. The van der Waals surface area contributed by atoms with E-state index in [0.29, 0.717) is 11.5 Å². The summed E-state index contributed by atoms with van der Waals surface area (Å²) in [5.74, 6) is 0.00582. The molecule has 4 aromatic rings. The van der Waals surface area contributed by atoms with Crippen LogP contribution in [0.4, 0.5) is 11.4 Å². The molecule has 5 heteroatoms.